The first-order chi connectivity index (χ1) is 37.7. The molecule has 4 heterocycles. The van der Waals surface area contributed by atoms with Crippen LogP contribution in [0.5, 0.6) is 0 Å². The summed E-state index contributed by atoms with van der Waals surface area (Å²) in [7, 11) is 0. The molecule has 0 radical (unpaired) electrons. The zero-order valence-electron chi connectivity index (χ0n) is 41.1. The van der Waals surface area contributed by atoms with Gasteiger partial charge in [-0.1, -0.05) is 188 Å². The highest BCUT2D eigenvalue weighted by molar-refractivity contribution is 6.16. The van der Waals surface area contributed by atoms with Gasteiger partial charge in [0.15, 0.2) is 0 Å². The van der Waals surface area contributed by atoms with Crippen LogP contribution in [0, 0.1) is 0 Å². The molecule has 354 valence electrons. The zero-order valence-corrected chi connectivity index (χ0v) is 41.1. The van der Waals surface area contributed by atoms with Crippen LogP contribution in [-0.2, 0) is 0 Å². The molecule has 0 amide bonds. The quantitative estimate of drug-likeness (QED) is 0.160. The van der Waals surface area contributed by atoms with E-state index in [9.17, 15) is 0 Å². The highest BCUT2D eigenvalue weighted by Crippen LogP contribution is 2.44. The van der Waals surface area contributed by atoms with Crippen LogP contribution in [0.2, 0.25) is 0 Å². The van der Waals surface area contributed by atoms with Crippen LogP contribution >= 0.6 is 0 Å². The number of nitrogens with zero attached hydrogens (tertiary/aromatic N) is 2. The molecule has 0 saturated carbocycles. The maximum Gasteiger partial charge on any atom is 0.143 e. The maximum absolute atomic E-state index is 6.62. The predicted octanol–water partition coefficient (Wildman–Crippen LogP) is 20.0. The highest BCUT2D eigenvalue weighted by atomic mass is 16.3. The minimum atomic E-state index is 0.890. The molecule has 4 nitrogen and oxygen atoms in total. The standard InChI is InChI=1S/C72H44N2O2/c1-3-15-45(16-4-1)48-31-37-65-60(41-48)61-42-49(46-17-5-2-6-18-46)32-38-66(61)73(65)52-35-29-47(30-36-52)53-19-7-10-26-64(53)74-67-39-33-50(54-22-13-24-58-56-20-8-11-27-69(56)75-71(54)58)43-62(67)63-44-51(34-40-68(63)74)55-23-14-25-59-57-21-9-12-28-70(57)76-72(55)59/h1-44H. The van der Waals surface area contributed by atoms with Gasteiger partial charge in [0.2, 0.25) is 0 Å². The van der Waals surface area contributed by atoms with Crippen molar-refractivity contribution in [1.82, 2.24) is 9.13 Å². The summed E-state index contributed by atoms with van der Waals surface area (Å²) in [5.74, 6) is 0. The first-order valence-corrected chi connectivity index (χ1v) is 26.0. The van der Waals surface area contributed by atoms with E-state index in [-0.39, 0.29) is 0 Å². The molecule has 16 rings (SSSR count). The normalized spacial score (nSPS) is 11.9. The Morgan fingerprint density at radius 3 is 1.12 bits per heavy atom. The Morgan fingerprint density at radius 1 is 0.224 bits per heavy atom. The van der Waals surface area contributed by atoms with E-state index < -0.39 is 0 Å². The third-order valence-corrected chi connectivity index (χ3v) is 15.8. The molecule has 0 spiro atoms. The molecule has 0 unspecified atom stereocenters. The molecular weight excluding hydrogens is 925 g/mol. The first kappa shape index (κ1) is 42.4. The van der Waals surface area contributed by atoms with Crippen LogP contribution < -0.4 is 0 Å². The number of para-hydroxylation sites is 5. The van der Waals surface area contributed by atoms with Crippen LogP contribution in [0.4, 0.5) is 0 Å². The molecule has 4 heteroatoms. The Morgan fingerprint density at radius 2 is 0.605 bits per heavy atom. The van der Waals surface area contributed by atoms with E-state index in [1.807, 2.05) is 12.1 Å². The van der Waals surface area contributed by atoms with Crippen molar-refractivity contribution < 1.29 is 8.83 Å². The summed E-state index contributed by atoms with van der Waals surface area (Å²) in [6.45, 7) is 0. The molecule has 12 aromatic carbocycles. The van der Waals surface area contributed by atoms with E-state index in [1.54, 1.807) is 0 Å². The summed E-state index contributed by atoms with van der Waals surface area (Å²) in [6, 6.07) is 96.5. The van der Waals surface area contributed by atoms with E-state index in [0.717, 1.165) is 110 Å². The number of aromatic nitrogens is 2. The fourth-order valence-corrected chi connectivity index (χ4v) is 12.2. The molecule has 0 fully saturated rings. The molecule has 76 heavy (non-hydrogen) atoms. The van der Waals surface area contributed by atoms with Crippen molar-refractivity contribution in [1.29, 1.82) is 0 Å². The number of rotatable bonds is 7. The average Bonchev–Trinajstić information content (AvgIpc) is 4.33. The minimum Gasteiger partial charge on any atom is -0.455 e. The minimum absolute atomic E-state index is 0.890. The molecule has 4 aromatic heterocycles. The van der Waals surface area contributed by atoms with Gasteiger partial charge in [-0.2, -0.15) is 0 Å². The van der Waals surface area contributed by atoms with E-state index in [4.69, 9.17) is 8.83 Å². The van der Waals surface area contributed by atoms with Crippen molar-refractivity contribution in [2.24, 2.45) is 0 Å². The Bertz CT molecular complexity index is 4710. The van der Waals surface area contributed by atoms with Crippen molar-refractivity contribution in [2.45, 2.75) is 0 Å². The maximum atomic E-state index is 6.62. The van der Waals surface area contributed by atoms with Gasteiger partial charge in [0.1, 0.15) is 22.3 Å². The second-order valence-corrected chi connectivity index (χ2v) is 20.0. The predicted molar refractivity (Wildman–Crippen MR) is 317 cm³/mol. The van der Waals surface area contributed by atoms with E-state index in [0.29, 0.717) is 0 Å². The van der Waals surface area contributed by atoms with Gasteiger partial charge < -0.3 is 18.0 Å². The largest absolute Gasteiger partial charge is 0.455 e. The summed E-state index contributed by atoms with van der Waals surface area (Å²) in [5.41, 5.74) is 21.8. The zero-order chi connectivity index (χ0) is 49.8. The van der Waals surface area contributed by atoms with Crippen molar-refractivity contribution in [2.75, 3.05) is 0 Å². The van der Waals surface area contributed by atoms with Crippen molar-refractivity contribution in [3.05, 3.63) is 267 Å². The van der Waals surface area contributed by atoms with Crippen LogP contribution in [-0.4, -0.2) is 9.13 Å². The van der Waals surface area contributed by atoms with Gasteiger partial charge in [-0.25, -0.2) is 0 Å². The molecule has 0 aliphatic heterocycles. The average molecular weight is 969 g/mol. The lowest BCUT2D eigenvalue weighted by atomic mass is 9.98. The van der Waals surface area contributed by atoms with Crippen LogP contribution in [0.15, 0.2) is 276 Å². The molecule has 0 N–H and O–H groups in total. The van der Waals surface area contributed by atoms with Gasteiger partial charge in [-0.05, 0) is 118 Å². The topological polar surface area (TPSA) is 36.1 Å². The van der Waals surface area contributed by atoms with Gasteiger partial charge in [0, 0.05) is 65.5 Å². The fourth-order valence-electron chi connectivity index (χ4n) is 12.2. The Kier molecular flexibility index (Phi) is 9.30. The van der Waals surface area contributed by atoms with Crippen molar-refractivity contribution >= 4 is 87.5 Å². The summed E-state index contributed by atoms with van der Waals surface area (Å²) < 4.78 is 18.1. The molecule has 0 aliphatic rings. The van der Waals surface area contributed by atoms with Gasteiger partial charge in [-0.3, -0.25) is 0 Å². The molecule has 0 saturated heterocycles. The Balaban J connectivity index is 0.865. The summed E-state index contributed by atoms with van der Waals surface area (Å²) in [5, 5.41) is 9.23. The van der Waals surface area contributed by atoms with Gasteiger partial charge in [0.05, 0.1) is 27.8 Å². The van der Waals surface area contributed by atoms with Gasteiger partial charge >= 0.3 is 0 Å². The summed E-state index contributed by atoms with van der Waals surface area (Å²) in [4.78, 5) is 0. The summed E-state index contributed by atoms with van der Waals surface area (Å²) >= 11 is 0. The Labute approximate surface area is 437 Å². The van der Waals surface area contributed by atoms with Crippen LogP contribution in [0.1, 0.15) is 0 Å². The lowest BCUT2D eigenvalue weighted by Gasteiger charge is -2.15. The van der Waals surface area contributed by atoms with Crippen LogP contribution in [0.3, 0.4) is 0 Å². The molecule has 0 aliphatic carbocycles. The monoisotopic (exact) mass is 968 g/mol. The SMILES string of the molecule is c1ccc(-c2ccc3c(c2)c2cc(-c4ccccc4)ccc2n3-c2ccc(-c3ccccc3-n3c4ccc(-c5cccc6c5oc5ccccc56)cc4c4cc(-c5cccc6c5oc5ccccc56)ccc43)cc2)cc1. The van der Waals surface area contributed by atoms with Crippen molar-refractivity contribution in [3.8, 4) is 67.0 Å². The third-order valence-electron chi connectivity index (χ3n) is 15.8. The third kappa shape index (κ3) is 6.51. The Hall–Kier alpha value is -10.2. The lowest BCUT2D eigenvalue weighted by molar-refractivity contribution is 0.669. The molecule has 16 aromatic rings. The van der Waals surface area contributed by atoms with Gasteiger partial charge in [0.25, 0.3) is 0 Å². The second kappa shape index (κ2) is 16.7. The van der Waals surface area contributed by atoms with E-state index >= 15 is 0 Å². The number of hydrogen-bond donors (Lipinski definition) is 0. The second-order valence-electron chi connectivity index (χ2n) is 20.0. The smallest absolute Gasteiger partial charge is 0.143 e. The van der Waals surface area contributed by atoms with Crippen LogP contribution in [0.25, 0.3) is 154 Å². The number of fused-ring (bicyclic) bond motifs is 12. The fraction of sp³-hybridized carbons (Fsp3) is 0. The first-order valence-electron chi connectivity index (χ1n) is 26.0. The van der Waals surface area contributed by atoms with E-state index in [1.165, 1.54) is 44.1 Å². The van der Waals surface area contributed by atoms with E-state index in [2.05, 4.69) is 264 Å². The van der Waals surface area contributed by atoms with Crippen molar-refractivity contribution in [3.63, 3.8) is 0 Å². The lowest BCUT2D eigenvalue weighted by Crippen LogP contribution is -1.98. The molecule has 0 bridgehead atoms. The number of hydrogen-bond acceptors (Lipinski definition) is 2. The highest BCUT2D eigenvalue weighted by Gasteiger charge is 2.21. The molecule has 0 atom stereocenters. The molecular formula is C72H44N2O2. The summed E-state index contributed by atoms with van der Waals surface area (Å²) in [6.07, 6.45) is 0. The van der Waals surface area contributed by atoms with Gasteiger partial charge in [-0.15, -0.1) is 0 Å². The number of benzene rings is 12. The number of furan rings is 2.